The topological polar surface area (TPSA) is 84.0 Å². The maximum absolute atomic E-state index is 12.6. The van der Waals surface area contributed by atoms with Gasteiger partial charge in [-0.15, -0.1) is 0 Å². The number of carbonyl (C=O) groups is 2. The van der Waals surface area contributed by atoms with Gasteiger partial charge in [0.05, 0.1) is 0 Å². The number of nitrogens with zero attached hydrogens (tertiary/aromatic N) is 2. The van der Waals surface area contributed by atoms with Crippen LogP contribution in [-0.4, -0.2) is 21.7 Å². The van der Waals surface area contributed by atoms with Crippen molar-refractivity contribution in [3.63, 3.8) is 0 Å². The molecule has 1 aromatic heterocycles. The first-order valence-electron chi connectivity index (χ1n) is 8.99. The maximum Gasteiger partial charge on any atom is 0.270 e. The molecule has 6 heteroatoms. The van der Waals surface area contributed by atoms with Gasteiger partial charge >= 0.3 is 0 Å². The molecule has 28 heavy (non-hydrogen) atoms. The van der Waals surface area contributed by atoms with Crippen LogP contribution in [0.25, 0.3) is 0 Å². The third-order valence-electron chi connectivity index (χ3n) is 4.31. The molecular weight excluding hydrogens is 352 g/mol. The minimum absolute atomic E-state index is 0.0231. The minimum atomic E-state index is -0.269. The van der Waals surface area contributed by atoms with Crippen molar-refractivity contribution >= 4 is 23.3 Å². The van der Waals surface area contributed by atoms with Crippen LogP contribution >= 0.6 is 0 Å². The van der Waals surface area contributed by atoms with Crippen molar-refractivity contribution in [2.24, 2.45) is 0 Å². The van der Waals surface area contributed by atoms with E-state index in [0.717, 1.165) is 11.1 Å². The number of rotatable bonds is 6. The normalized spacial score (nSPS) is 10.4. The number of ketones is 1. The number of nitrogens with one attached hydrogen (secondary N) is 2. The van der Waals surface area contributed by atoms with Gasteiger partial charge in [0.25, 0.3) is 5.91 Å². The van der Waals surface area contributed by atoms with Crippen LogP contribution < -0.4 is 10.6 Å². The van der Waals surface area contributed by atoms with Gasteiger partial charge in [0, 0.05) is 23.5 Å². The lowest BCUT2D eigenvalue weighted by Crippen LogP contribution is -2.24. The molecule has 0 aliphatic rings. The number of benzene rings is 2. The average Bonchev–Trinajstić information content (AvgIpc) is 2.67. The Morgan fingerprint density at radius 3 is 2.50 bits per heavy atom. The monoisotopic (exact) mass is 374 g/mol. The molecule has 0 saturated heterocycles. The molecule has 0 bridgehead atoms. The van der Waals surface area contributed by atoms with Gasteiger partial charge in [-0.25, -0.2) is 9.97 Å². The molecule has 2 aromatic carbocycles. The van der Waals surface area contributed by atoms with Crippen LogP contribution in [0.2, 0.25) is 0 Å². The van der Waals surface area contributed by atoms with Crippen molar-refractivity contribution in [3.8, 4) is 0 Å². The van der Waals surface area contributed by atoms with Gasteiger partial charge in [0.1, 0.15) is 5.69 Å². The molecule has 0 spiro atoms. The Morgan fingerprint density at radius 2 is 1.75 bits per heavy atom. The number of aryl methyl sites for hydroxylation is 2. The van der Waals surface area contributed by atoms with E-state index in [0.29, 0.717) is 29.4 Å². The molecule has 0 fully saturated rings. The summed E-state index contributed by atoms with van der Waals surface area (Å²) in [5.41, 5.74) is 4.40. The zero-order chi connectivity index (χ0) is 20.1. The van der Waals surface area contributed by atoms with Crippen LogP contribution in [0.1, 0.15) is 44.6 Å². The fraction of sp³-hybridized carbons (Fsp3) is 0.182. The van der Waals surface area contributed by atoms with Gasteiger partial charge in [-0.1, -0.05) is 36.4 Å². The Balaban J connectivity index is 1.75. The van der Waals surface area contributed by atoms with Gasteiger partial charge in [-0.3, -0.25) is 9.59 Å². The quantitative estimate of drug-likeness (QED) is 0.638. The second-order valence-electron chi connectivity index (χ2n) is 6.59. The van der Waals surface area contributed by atoms with Gasteiger partial charge in [-0.05, 0) is 50.1 Å². The van der Waals surface area contributed by atoms with Crippen LogP contribution in [0.15, 0.2) is 54.6 Å². The summed E-state index contributed by atoms with van der Waals surface area (Å²) in [6.45, 7) is 5.75. The largest absolute Gasteiger partial charge is 0.347 e. The number of hydrogen-bond acceptors (Lipinski definition) is 5. The molecule has 6 nitrogen and oxygen atoms in total. The maximum atomic E-state index is 12.6. The summed E-state index contributed by atoms with van der Waals surface area (Å²) in [7, 11) is 0. The van der Waals surface area contributed by atoms with Crippen molar-refractivity contribution in [2.75, 3.05) is 5.32 Å². The molecule has 0 aliphatic carbocycles. The highest BCUT2D eigenvalue weighted by Crippen LogP contribution is 2.16. The van der Waals surface area contributed by atoms with E-state index in [1.807, 2.05) is 37.3 Å². The molecule has 2 N–H and O–H groups in total. The first-order valence-corrected chi connectivity index (χ1v) is 8.99. The summed E-state index contributed by atoms with van der Waals surface area (Å²) in [4.78, 5) is 32.8. The summed E-state index contributed by atoms with van der Waals surface area (Å²) in [5, 5.41) is 5.96. The number of carbonyl (C=O) groups excluding carboxylic acids is 2. The van der Waals surface area contributed by atoms with E-state index in [2.05, 4.69) is 20.6 Å². The zero-order valence-corrected chi connectivity index (χ0v) is 16.1. The summed E-state index contributed by atoms with van der Waals surface area (Å²) < 4.78 is 0. The van der Waals surface area contributed by atoms with E-state index >= 15 is 0 Å². The molecule has 3 rings (SSSR count). The summed E-state index contributed by atoms with van der Waals surface area (Å²) >= 11 is 0. The Morgan fingerprint density at radius 1 is 0.964 bits per heavy atom. The van der Waals surface area contributed by atoms with Gasteiger partial charge < -0.3 is 10.6 Å². The van der Waals surface area contributed by atoms with Crippen LogP contribution in [0.4, 0.5) is 11.6 Å². The second kappa shape index (κ2) is 8.43. The molecule has 0 saturated carbocycles. The Labute approximate surface area is 164 Å². The van der Waals surface area contributed by atoms with Crippen molar-refractivity contribution in [1.82, 2.24) is 15.3 Å². The molecular formula is C22H22N4O2. The average molecular weight is 374 g/mol. The molecule has 0 radical (unpaired) electrons. The lowest BCUT2D eigenvalue weighted by atomic mass is 10.1. The number of hydrogen-bond donors (Lipinski definition) is 2. The van der Waals surface area contributed by atoms with E-state index in [4.69, 9.17) is 0 Å². The fourth-order valence-electron chi connectivity index (χ4n) is 2.76. The van der Waals surface area contributed by atoms with Crippen molar-refractivity contribution in [1.29, 1.82) is 0 Å². The number of aromatic nitrogens is 2. The van der Waals surface area contributed by atoms with Crippen molar-refractivity contribution in [2.45, 2.75) is 27.3 Å². The lowest BCUT2D eigenvalue weighted by Gasteiger charge is -2.10. The van der Waals surface area contributed by atoms with Crippen molar-refractivity contribution < 1.29 is 9.59 Å². The molecule has 1 heterocycles. The van der Waals surface area contributed by atoms with Crippen LogP contribution in [0.3, 0.4) is 0 Å². The first kappa shape index (κ1) is 19.2. The highest BCUT2D eigenvalue weighted by atomic mass is 16.1. The van der Waals surface area contributed by atoms with Gasteiger partial charge in [-0.2, -0.15) is 0 Å². The first-order chi connectivity index (χ1) is 13.4. The second-order valence-corrected chi connectivity index (χ2v) is 6.59. The molecule has 3 aromatic rings. The standard InChI is InChI=1S/C22H22N4O2/c1-14-7-4-5-8-18(14)13-23-21(28)20-11-15(2)24-22(26-20)25-19-10-6-9-17(12-19)16(3)27/h4-12H,13H2,1-3H3,(H,23,28)(H,24,25,26). The molecule has 1 amide bonds. The number of anilines is 2. The van der Waals surface area contributed by atoms with Crippen LogP contribution in [-0.2, 0) is 6.54 Å². The van der Waals surface area contributed by atoms with Gasteiger partial charge in [0.15, 0.2) is 5.78 Å². The number of Topliss-reactive ketones (excluding diaryl/α,β-unsaturated/α-hetero) is 1. The Hall–Kier alpha value is -3.54. The van der Waals surface area contributed by atoms with E-state index in [1.54, 1.807) is 31.2 Å². The minimum Gasteiger partial charge on any atom is -0.347 e. The third kappa shape index (κ3) is 4.79. The van der Waals surface area contributed by atoms with E-state index in [-0.39, 0.29) is 17.4 Å². The molecule has 0 atom stereocenters. The molecule has 0 unspecified atom stereocenters. The summed E-state index contributed by atoms with van der Waals surface area (Å²) in [6.07, 6.45) is 0. The predicted octanol–water partition coefficient (Wildman–Crippen LogP) is 3.97. The van der Waals surface area contributed by atoms with E-state index in [9.17, 15) is 9.59 Å². The van der Waals surface area contributed by atoms with Crippen LogP contribution in [0, 0.1) is 13.8 Å². The zero-order valence-electron chi connectivity index (χ0n) is 16.1. The van der Waals surface area contributed by atoms with Crippen LogP contribution in [0.5, 0.6) is 0 Å². The van der Waals surface area contributed by atoms with E-state index in [1.165, 1.54) is 6.92 Å². The highest BCUT2D eigenvalue weighted by Gasteiger charge is 2.11. The molecule has 142 valence electrons. The summed E-state index contributed by atoms with van der Waals surface area (Å²) in [6, 6.07) is 16.6. The van der Waals surface area contributed by atoms with E-state index < -0.39 is 0 Å². The SMILES string of the molecule is CC(=O)c1cccc(Nc2nc(C)cc(C(=O)NCc3ccccc3C)n2)c1. The lowest BCUT2D eigenvalue weighted by molar-refractivity contribution is 0.0945. The third-order valence-corrected chi connectivity index (χ3v) is 4.31. The highest BCUT2D eigenvalue weighted by molar-refractivity contribution is 5.95. The summed E-state index contributed by atoms with van der Waals surface area (Å²) in [5.74, 6) is 0.0149. The fourth-order valence-corrected chi connectivity index (χ4v) is 2.76. The Kier molecular flexibility index (Phi) is 5.79. The Bertz CT molecular complexity index is 1030. The van der Waals surface area contributed by atoms with Gasteiger partial charge in [0.2, 0.25) is 5.95 Å². The van der Waals surface area contributed by atoms with Crippen molar-refractivity contribution in [3.05, 3.63) is 82.7 Å². The number of amides is 1. The predicted molar refractivity (Wildman–Crippen MR) is 109 cm³/mol. The smallest absolute Gasteiger partial charge is 0.270 e. The molecule has 0 aliphatic heterocycles.